The van der Waals surface area contributed by atoms with Crippen LogP contribution in [-0.2, 0) is 6.54 Å². The number of carbonyl (C=O) groups is 1. The van der Waals surface area contributed by atoms with E-state index in [-0.39, 0.29) is 12.6 Å². The number of urea groups is 1. The lowest BCUT2D eigenvalue weighted by molar-refractivity contribution is 0.221. The highest BCUT2D eigenvalue weighted by molar-refractivity contribution is 5.91. The summed E-state index contributed by atoms with van der Waals surface area (Å²) in [5.41, 5.74) is 10.1. The number of carbonyl (C=O) groups excluding carboxylic acids is 1. The van der Waals surface area contributed by atoms with Crippen molar-refractivity contribution in [1.82, 2.24) is 14.9 Å². The molecule has 2 amide bonds. The van der Waals surface area contributed by atoms with E-state index in [2.05, 4.69) is 15.3 Å². The zero-order valence-corrected chi connectivity index (χ0v) is 16.3. The second kappa shape index (κ2) is 7.22. The fourth-order valence-electron chi connectivity index (χ4n) is 3.12. The Morgan fingerprint density at radius 3 is 2.46 bits per heavy atom. The third-order valence-electron chi connectivity index (χ3n) is 4.82. The first kappa shape index (κ1) is 19.2. The first-order chi connectivity index (χ1) is 13.2. The lowest BCUT2D eigenvalue weighted by atomic mass is 10.0. The van der Waals surface area contributed by atoms with Crippen molar-refractivity contribution in [2.45, 2.75) is 27.3 Å². The molecule has 0 atom stereocenters. The van der Waals surface area contributed by atoms with Crippen molar-refractivity contribution >= 4 is 28.4 Å². The van der Waals surface area contributed by atoms with Crippen molar-refractivity contribution in [1.29, 1.82) is 0 Å². The molecule has 0 aliphatic heterocycles. The number of nitrogens with zero attached hydrogens (tertiary/aromatic N) is 1. The minimum absolute atomic E-state index is 0.200. The van der Waals surface area contributed by atoms with Crippen LogP contribution in [0.25, 0.3) is 11.0 Å². The molecule has 0 saturated heterocycles. The largest absolute Gasteiger partial charge is 0.398 e. The molecule has 0 fully saturated rings. The van der Waals surface area contributed by atoms with Crippen LogP contribution >= 0.6 is 0 Å². The minimum atomic E-state index is -0.750. The van der Waals surface area contributed by atoms with Crippen LogP contribution in [0.4, 0.5) is 16.2 Å². The second-order valence-corrected chi connectivity index (χ2v) is 7.00. The summed E-state index contributed by atoms with van der Waals surface area (Å²) < 4.78 is 0. The Kier molecular flexibility index (Phi) is 4.96. The molecular formula is C20H23N5O3. The quantitative estimate of drug-likeness (QED) is 0.411. The summed E-state index contributed by atoms with van der Waals surface area (Å²) in [4.78, 5) is 42.7. The van der Waals surface area contributed by atoms with Gasteiger partial charge >= 0.3 is 17.1 Å². The van der Waals surface area contributed by atoms with Gasteiger partial charge < -0.3 is 25.9 Å². The average Bonchev–Trinajstić information content (AvgIpc) is 2.63. The SMILES string of the molecule is Cc1ccc(NC(=O)N(C)Cc2c(C)c(N)cc3[nH]c(=O)c(=O)[nH]c23)c(C)c1. The number of aromatic amines is 2. The molecule has 0 unspecified atom stereocenters. The molecule has 3 aromatic rings. The maximum absolute atomic E-state index is 12.7. The van der Waals surface area contributed by atoms with Crippen LogP contribution < -0.4 is 22.2 Å². The van der Waals surface area contributed by atoms with Crippen LogP contribution in [-0.4, -0.2) is 27.9 Å². The Bertz CT molecular complexity index is 1190. The van der Waals surface area contributed by atoms with Crippen molar-refractivity contribution < 1.29 is 4.79 Å². The predicted molar refractivity (Wildman–Crippen MR) is 111 cm³/mol. The monoisotopic (exact) mass is 381 g/mol. The van der Waals surface area contributed by atoms with Gasteiger partial charge in [-0.25, -0.2) is 4.79 Å². The number of H-pyrrole nitrogens is 2. The molecule has 0 aliphatic carbocycles. The summed E-state index contributed by atoms with van der Waals surface area (Å²) in [5.74, 6) is 0. The highest BCUT2D eigenvalue weighted by atomic mass is 16.2. The molecule has 8 heteroatoms. The number of anilines is 2. The summed E-state index contributed by atoms with van der Waals surface area (Å²) in [5, 5.41) is 2.89. The predicted octanol–water partition coefficient (Wildman–Crippen LogP) is 2.39. The fraction of sp³-hybridized carbons (Fsp3) is 0.250. The molecule has 28 heavy (non-hydrogen) atoms. The number of hydrogen-bond acceptors (Lipinski definition) is 4. The number of rotatable bonds is 3. The molecule has 5 N–H and O–H groups in total. The number of aryl methyl sites for hydroxylation is 2. The molecule has 2 aromatic carbocycles. The summed E-state index contributed by atoms with van der Waals surface area (Å²) in [6.07, 6.45) is 0. The zero-order valence-electron chi connectivity index (χ0n) is 16.3. The van der Waals surface area contributed by atoms with Crippen molar-refractivity contribution in [3.63, 3.8) is 0 Å². The van der Waals surface area contributed by atoms with Gasteiger partial charge in [0.25, 0.3) is 0 Å². The molecule has 0 saturated carbocycles. The highest BCUT2D eigenvalue weighted by Gasteiger charge is 2.17. The molecular weight excluding hydrogens is 358 g/mol. The van der Waals surface area contributed by atoms with Gasteiger partial charge in [0, 0.05) is 30.5 Å². The highest BCUT2D eigenvalue weighted by Crippen LogP contribution is 2.25. The number of fused-ring (bicyclic) bond motifs is 1. The van der Waals surface area contributed by atoms with Gasteiger partial charge in [0.05, 0.1) is 11.0 Å². The van der Waals surface area contributed by atoms with Crippen LogP contribution in [0.15, 0.2) is 33.9 Å². The normalized spacial score (nSPS) is 10.9. The van der Waals surface area contributed by atoms with E-state index >= 15 is 0 Å². The average molecular weight is 381 g/mol. The number of nitrogens with two attached hydrogens (primary N) is 1. The van der Waals surface area contributed by atoms with Gasteiger partial charge in [-0.3, -0.25) is 9.59 Å². The van der Waals surface area contributed by atoms with E-state index in [1.807, 2.05) is 39.0 Å². The number of aromatic nitrogens is 2. The van der Waals surface area contributed by atoms with Gasteiger partial charge in [-0.05, 0) is 44.0 Å². The summed E-state index contributed by atoms with van der Waals surface area (Å²) in [6.45, 7) is 5.93. The van der Waals surface area contributed by atoms with E-state index in [1.54, 1.807) is 13.1 Å². The molecule has 0 spiro atoms. The topological polar surface area (TPSA) is 124 Å². The molecule has 1 heterocycles. The maximum Gasteiger partial charge on any atom is 0.321 e. The zero-order chi connectivity index (χ0) is 20.6. The number of nitrogen functional groups attached to an aromatic ring is 1. The van der Waals surface area contributed by atoms with Crippen LogP contribution in [0.3, 0.4) is 0 Å². The Morgan fingerprint density at radius 1 is 1.11 bits per heavy atom. The standard InChI is InChI=1S/C20H23N5O3/c1-10-5-6-15(11(2)7-10)23-20(28)25(4)9-13-12(3)14(21)8-16-17(13)24-19(27)18(26)22-16/h5-8H,9,21H2,1-4H3,(H,22,26)(H,23,28)(H,24,27). The summed E-state index contributed by atoms with van der Waals surface area (Å²) >= 11 is 0. The van der Waals surface area contributed by atoms with Crippen LogP contribution in [0, 0.1) is 20.8 Å². The van der Waals surface area contributed by atoms with E-state index in [4.69, 9.17) is 5.73 Å². The number of benzene rings is 2. The first-order valence-corrected chi connectivity index (χ1v) is 8.81. The van der Waals surface area contributed by atoms with Gasteiger partial charge in [0.15, 0.2) is 0 Å². The van der Waals surface area contributed by atoms with Crippen LogP contribution in [0.2, 0.25) is 0 Å². The Morgan fingerprint density at radius 2 is 1.79 bits per heavy atom. The Balaban J connectivity index is 1.94. The van der Waals surface area contributed by atoms with E-state index in [0.717, 1.165) is 22.4 Å². The van der Waals surface area contributed by atoms with Gasteiger partial charge in [-0.1, -0.05) is 17.7 Å². The smallest absolute Gasteiger partial charge is 0.321 e. The van der Waals surface area contributed by atoms with Crippen molar-refractivity contribution in [3.8, 4) is 0 Å². The number of nitrogens with one attached hydrogen (secondary N) is 3. The third-order valence-corrected chi connectivity index (χ3v) is 4.82. The van der Waals surface area contributed by atoms with Crippen molar-refractivity contribution in [2.75, 3.05) is 18.1 Å². The lowest BCUT2D eigenvalue weighted by Gasteiger charge is -2.21. The summed E-state index contributed by atoms with van der Waals surface area (Å²) in [7, 11) is 1.65. The number of hydrogen-bond donors (Lipinski definition) is 4. The van der Waals surface area contributed by atoms with Crippen molar-refractivity contribution in [3.05, 3.63) is 67.2 Å². The molecule has 0 aliphatic rings. The fourth-order valence-corrected chi connectivity index (χ4v) is 3.12. The second-order valence-electron chi connectivity index (χ2n) is 7.00. The van der Waals surface area contributed by atoms with Crippen LogP contribution in [0.5, 0.6) is 0 Å². The Hall–Kier alpha value is -3.55. The molecule has 8 nitrogen and oxygen atoms in total. The molecule has 0 radical (unpaired) electrons. The number of amides is 2. The van der Waals surface area contributed by atoms with E-state index < -0.39 is 11.1 Å². The van der Waals surface area contributed by atoms with Gasteiger partial charge in [0.1, 0.15) is 0 Å². The van der Waals surface area contributed by atoms with Gasteiger partial charge in [-0.15, -0.1) is 0 Å². The molecule has 0 bridgehead atoms. The third kappa shape index (κ3) is 3.62. The molecule has 1 aromatic heterocycles. The van der Waals surface area contributed by atoms with E-state index in [9.17, 15) is 14.4 Å². The van der Waals surface area contributed by atoms with Gasteiger partial charge in [0.2, 0.25) is 0 Å². The van der Waals surface area contributed by atoms with E-state index in [1.165, 1.54) is 4.90 Å². The van der Waals surface area contributed by atoms with Gasteiger partial charge in [-0.2, -0.15) is 0 Å². The lowest BCUT2D eigenvalue weighted by Crippen LogP contribution is -2.33. The minimum Gasteiger partial charge on any atom is -0.398 e. The summed E-state index contributed by atoms with van der Waals surface area (Å²) in [6, 6.07) is 7.08. The van der Waals surface area contributed by atoms with E-state index in [0.29, 0.717) is 22.3 Å². The molecule has 146 valence electrons. The Labute approximate surface area is 161 Å². The van der Waals surface area contributed by atoms with Crippen molar-refractivity contribution in [2.24, 2.45) is 0 Å². The maximum atomic E-state index is 12.7. The first-order valence-electron chi connectivity index (χ1n) is 8.81. The van der Waals surface area contributed by atoms with Crippen LogP contribution in [0.1, 0.15) is 22.3 Å². The molecule has 3 rings (SSSR count).